The van der Waals surface area contributed by atoms with Gasteiger partial charge in [-0.25, -0.2) is 0 Å². The number of allylic oxidation sites excluding steroid dienone is 2. The first-order chi connectivity index (χ1) is 16.3. The molecule has 0 heterocycles. The summed E-state index contributed by atoms with van der Waals surface area (Å²) in [6.45, 7) is 4.54. The third-order valence-electron chi connectivity index (χ3n) is 7.03. The molecule has 0 aliphatic heterocycles. The molecule has 0 radical (unpaired) electrons. The fourth-order valence-corrected chi connectivity index (χ4v) is 4.69. The molecule has 0 spiro atoms. The fraction of sp³-hybridized carbons (Fsp3) is 0.906. The van der Waals surface area contributed by atoms with Gasteiger partial charge in [-0.3, -0.25) is 4.79 Å². The molecule has 0 unspecified atom stereocenters. The Morgan fingerprint density at radius 3 is 1.12 bits per heavy atom. The van der Waals surface area contributed by atoms with Gasteiger partial charge in [-0.05, 0) is 32.1 Å². The van der Waals surface area contributed by atoms with Gasteiger partial charge in [-0.15, -0.1) is 0 Å². The Kier molecular flexibility index (Phi) is 28.9. The SMILES string of the molecule is CCCCCCCCCCCCCCCCCCC=CCCCC(=O)CCCCCCCC. The average Bonchev–Trinajstić information content (AvgIpc) is 2.82. The van der Waals surface area contributed by atoms with Gasteiger partial charge in [-0.1, -0.05) is 154 Å². The molecule has 1 nitrogen and oxygen atoms in total. The van der Waals surface area contributed by atoms with Crippen molar-refractivity contribution < 1.29 is 4.79 Å². The average molecular weight is 463 g/mol. The van der Waals surface area contributed by atoms with E-state index < -0.39 is 0 Å². The van der Waals surface area contributed by atoms with Crippen LogP contribution < -0.4 is 0 Å². The van der Waals surface area contributed by atoms with Crippen molar-refractivity contribution in [2.24, 2.45) is 0 Å². The van der Waals surface area contributed by atoms with Crippen molar-refractivity contribution in [2.45, 2.75) is 187 Å². The Bertz CT molecular complexity index is 397. The Hall–Kier alpha value is -0.590. The van der Waals surface area contributed by atoms with Crippen LogP contribution in [-0.4, -0.2) is 5.78 Å². The van der Waals surface area contributed by atoms with Crippen molar-refractivity contribution in [3.8, 4) is 0 Å². The van der Waals surface area contributed by atoms with Crippen LogP contribution in [0.2, 0.25) is 0 Å². The maximum Gasteiger partial charge on any atom is 0.132 e. The van der Waals surface area contributed by atoms with Gasteiger partial charge >= 0.3 is 0 Å². The van der Waals surface area contributed by atoms with Crippen molar-refractivity contribution in [3.63, 3.8) is 0 Å². The molecule has 0 aliphatic carbocycles. The quantitative estimate of drug-likeness (QED) is 0.0834. The van der Waals surface area contributed by atoms with Crippen LogP contribution in [0.3, 0.4) is 0 Å². The van der Waals surface area contributed by atoms with Gasteiger partial charge < -0.3 is 0 Å². The molecule has 33 heavy (non-hydrogen) atoms. The van der Waals surface area contributed by atoms with Crippen molar-refractivity contribution in [2.75, 3.05) is 0 Å². The number of rotatable bonds is 28. The van der Waals surface area contributed by atoms with Crippen molar-refractivity contribution in [1.82, 2.24) is 0 Å². The van der Waals surface area contributed by atoms with Crippen LogP contribution in [0.1, 0.15) is 187 Å². The Morgan fingerprint density at radius 1 is 0.394 bits per heavy atom. The predicted molar refractivity (Wildman–Crippen MR) is 150 cm³/mol. The Labute approximate surface area is 210 Å². The third kappa shape index (κ3) is 29.4. The van der Waals surface area contributed by atoms with E-state index in [4.69, 9.17) is 0 Å². The monoisotopic (exact) mass is 462 g/mol. The Morgan fingerprint density at radius 2 is 0.697 bits per heavy atom. The molecule has 0 amide bonds. The minimum Gasteiger partial charge on any atom is -0.300 e. The van der Waals surface area contributed by atoms with Crippen molar-refractivity contribution >= 4 is 5.78 Å². The highest BCUT2D eigenvalue weighted by Gasteiger charge is 2.01. The van der Waals surface area contributed by atoms with Gasteiger partial charge in [0.05, 0.1) is 0 Å². The lowest BCUT2D eigenvalue weighted by atomic mass is 10.0. The zero-order chi connectivity index (χ0) is 24.1. The number of carbonyl (C=O) groups excluding carboxylic acids is 1. The molecular formula is C32H62O. The summed E-state index contributed by atoms with van der Waals surface area (Å²) in [5.41, 5.74) is 0. The minimum atomic E-state index is 0.483. The molecule has 196 valence electrons. The smallest absolute Gasteiger partial charge is 0.132 e. The van der Waals surface area contributed by atoms with Gasteiger partial charge in [-0.2, -0.15) is 0 Å². The van der Waals surface area contributed by atoms with E-state index in [0.29, 0.717) is 5.78 Å². The summed E-state index contributed by atoms with van der Waals surface area (Å²) in [7, 11) is 0. The first-order valence-electron chi connectivity index (χ1n) is 15.5. The highest BCUT2D eigenvalue weighted by molar-refractivity contribution is 5.78. The van der Waals surface area contributed by atoms with Gasteiger partial charge in [0, 0.05) is 12.8 Å². The summed E-state index contributed by atoms with van der Waals surface area (Å²) in [5.74, 6) is 0.483. The van der Waals surface area contributed by atoms with E-state index in [1.807, 2.05) is 0 Å². The van der Waals surface area contributed by atoms with Crippen LogP contribution in [0, 0.1) is 0 Å². The lowest BCUT2D eigenvalue weighted by Crippen LogP contribution is -1.97. The second-order valence-electron chi connectivity index (χ2n) is 10.5. The molecule has 0 bridgehead atoms. The molecule has 0 aliphatic rings. The highest BCUT2D eigenvalue weighted by atomic mass is 16.1. The van der Waals surface area contributed by atoms with Crippen molar-refractivity contribution in [1.29, 1.82) is 0 Å². The standard InChI is InChI=1S/C32H62O/c1-3-5-7-9-11-12-13-14-15-16-17-18-19-20-21-22-23-24-25-27-29-31-32(33)30-28-26-10-8-6-4-2/h24-25H,3-23,26-31H2,1-2H3. The first-order valence-corrected chi connectivity index (χ1v) is 15.5. The van der Waals surface area contributed by atoms with Crippen molar-refractivity contribution in [3.05, 3.63) is 12.2 Å². The molecule has 0 fully saturated rings. The number of Topliss-reactive ketones (excluding diaryl/α,β-unsaturated/α-hetero) is 1. The summed E-state index contributed by atoms with van der Waals surface area (Å²) < 4.78 is 0. The fourth-order valence-electron chi connectivity index (χ4n) is 4.69. The molecule has 0 aromatic heterocycles. The molecule has 1 heteroatoms. The third-order valence-corrected chi connectivity index (χ3v) is 7.03. The largest absolute Gasteiger partial charge is 0.300 e. The summed E-state index contributed by atoms with van der Waals surface area (Å²) in [5, 5.41) is 0. The zero-order valence-corrected chi connectivity index (χ0v) is 23.2. The van der Waals surface area contributed by atoms with Crippen LogP contribution >= 0.6 is 0 Å². The van der Waals surface area contributed by atoms with Gasteiger partial charge in [0.1, 0.15) is 5.78 Å². The summed E-state index contributed by atoms with van der Waals surface area (Å²) in [4.78, 5) is 11.9. The number of carbonyl (C=O) groups is 1. The van der Waals surface area contributed by atoms with Gasteiger partial charge in [0.25, 0.3) is 0 Å². The molecule has 0 aromatic carbocycles. The molecule has 0 atom stereocenters. The molecule has 0 saturated heterocycles. The van der Waals surface area contributed by atoms with E-state index in [9.17, 15) is 4.79 Å². The van der Waals surface area contributed by atoms with E-state index in [2.05, 4.69) is 26.0 Å². The van der Waals surface area contributed by atoms with Crippen LogP contribution in [-0.2, 0) is 4.79 Å². The summed E-state index contributed by atoms with van der Waals surface area (Å²) in [6, 6.07) is 0. The maximum absolute atomic E-state index is 11.9. The normalized spacial score (nSPS) is 11.6. The lowest BCUT2D eigenvalue weighted by Gasteiger charge is -2.03. The predicted octanol–water partition coefficient (Wildman–Crippen LogP) is 11.7. The van der Waals surface area contributed by atoms with Crippen LogP contribution in [0.5, 0.6) is 0 Å². The molecule has 0 aromatic rings. The lowest BCUT2D eigenvalue weighted by molar-refractivity contribution is -0.119. The molecule has 0 rings (SSSR count). The molecular weight excluding hydrogens is 400 g/mol. The summed E-state index contributed by atoms with van der Waals surface area (Å²) >= 11 is 0. The second kappa shape index (κ2) is 29.4. The number of ketones is 1. The van der Waals surface area contributed by atoms with Crippen LogP contribution in [0.4, 0.5) is 0 Å². The van der Waals surface area contributed by atoms with E-state index in [1.165, 1.54) is 141 Å². The number of hydrogen-bond acceptors (Lipinski definition) is 1. The molecule has 0 N–H and O–H groups in total. The number of unbranched alkanes of at least 4 members (excludes halogenated alkanes) is 22. The topological polar surface area (TPSA) is 17.1 Å². The second-order valence-corrected chi connectivity index (χ2v) is 10.5. The van der Waals surface area contributed by atoms with E-state index in [0.717, 1.165) is 32.1 Å². The van der Waals surface area contributed by atoms with Crippen LogP contribution in [0.15, 0.2) is 12.2 Å². The first kappa shape index (κ1) is 32.4. The number of hydrogen-bond donors (Lipinski definition) is 0. The van der Waals surface area contributed by atoms with Gasteiger partial charge in [0.15, 0.2) is 0 Å². The highest BCUT2D eigenvalue weighted by Crippen LogP contribution is 2.14. The Balaban J connectivity index is 3.17. The van der Waals surface area contributed by atoms with E-state index >= 15 is 0 Å². The van der Waals surface area contributed by atoms with Crippen LogP contribution in [0.25, 0.3) is 0 Å². The summed E-state index contributed by atoms with van der Waals surface area (Å²) in [6.07, 6.45) is 40.2. The minimum absolute atomic E-state index is 0.483. The maximum atomic E-state index is 11.9. The van der Waals surface area contributed by atoms with E-state index in [1.54, 1.807) is 0 Å². The van der Waals surface area contributed by atoms with Gasteiger partial charge in [0.2, 0.25) is 0 Å². The zero-order valence-electron chi connectivity index (χ0n) is 23.2. The van der Waals surface area contributed by atoms with E-state index in [-0.39, 0.29) is 0 Å². The molecule has 0 saturated carbocycles.